The number of nitrogens with one attached hydrogen (secondary N) is 1. The van der Waals surface area contributed by atoms with Crippen LogP contribution in [0.25, 0.3) is 0 Å². The van der Waals surface area contributed by atoms with Crippen LogP contribution in [0.15, 0.2) is 30.3 Å². The van der Waals surface area contributed by atoms with Crippen LogP contribution < -0.4 is 5.32 Å². The number of carbonyl (C=O) groups is 1. The highest BCUT2D eigenvalue weighted by Gasteiger charge is 2.30. The highest BCUT2D eigenvalue weighted by Crippen LogP contribution is 2.20. The highest BCUT2D eigenvalue weighted by atomic mass is 16.5. The molecule has 3 rings (SSSR count). The van der Waals surface area contributed by atoms with E-state index in [2.05, 4.69) is 12.2 Å². The molecule has 1 aromatic carbocycles. The predicted octanol–water partition coefficient (Wildman–Crippen LogP) is 1.40. The van der Waals surface area contributed by atoms with E-state index < -0.39 is 0 Å². The van der Waals surface area contributed by atoms with E-state index in [1.165, 1.54) is 0 Å². The van der Waals surface area contributed by atoms with Crippen molar-refractivity contribution in [1.29, 1.82) is 0 Å². The van der Waals surface area contributed by atoms with Crippen molar-refractivity contribution in [1.82, 2.24) is 10.2 Å². The van der Waals surface area contributed by atoms with Crippen LogP contribution in [0, 0.1) is 0 Å². The molecule has 5 heteroatoms. The molecule has 3 atom stereocenters. The Labute approximate surface area is 137 Å². The third kappa shape index (κ3) is 4.10. The predicted molar refractivity (Wildman–Crippen MR) is 88.4 cm³/mol. The summed E-state index contributed by atoms with van der Waals surface area (Å²) >= 11 is 0. The van der Waals surface area contributed by atoms with E-state index in [4.69, 9.17) is 9.47 Å². The van der Waals surface area contributed by atoms with Crippen molar-refractivity contribution >= 4 is 5.91 Å². The number of ether oxygens (including phenoxy) is 2. The lowest BCUT2D eigenvalue weighted by molar-refractivity contribution is -0.136. The van der Waals surface area contributed by atoms with E-state index in [-0.39, 0.29) is 17.9 Å². The average molecular weight is 318 g/mol. The summed E-state index contributed by atoms with van der Waals surface area (Å²) in [6.07, 6.45) is 1.22. The molecule has 0 unspecified atom stereocenters. The lowest BCUT2D eigenvalue weighted by Gasteiger charge is -2.31. The van der Waals surface area contributed by atoms with E-state index >= 15 is 0 Å². The van der Waals surface area contributed by atoms with Gasteiger partial charge in [-0.2, -0.15) is 0 Å². The van der Waals surface area contributed by atoms with Gasteiger partial charge in [-0.25, -0.2) is 0 Å². The third-order valence-electron chi connectivity index (χ3n) is 4.78. The van der Waals surface area contributed by atoms with Gasteiger partial charge in [-0.15, -0.1) is 0 Å². The van der Waals surface area contributed by atoms with Gasteiger partial charge >= 0.3 is 0 Å². The normalized spacial score (nSPS) is 26.2. The maximum Gasteiger partial charge on any atom is 0.231 e. The summed E-state index contributed by atoms with van der Waals surface area (Å²) in [4.78, 5) is 14.9. The fourth-order valence-electron chi connectivity index (χ4n) is 3.31. The Morgan fingerprint density at radius 2 is 2.00 bits per heavy atom. The van der Waals surface area contributed by atoms with Crippen LogP contribution >= 0.6 is 0 Å². The first-order valence-electron chi connectivity index (χ1n) is 8.52. The molecular weight excluding hydrogens is 292 g/mol. The summed E-state index contributed by atoms with van der Waals surface area (Å²) in [5.41, 5.74) is 1.07. The van der Waals surface area contributed by atoms with Gasteiger partial charge in [-0.3, -0.25) is 4.79 Å². The van der Waals surface area contributed by atoms with Gasteiger partial charge in [0, 0.05) is 32.3 Å². The summed E-state index contributed by atoms with van der Waals surface area (Å²) in [5, 5.41) is 3.55. The zero-order valence-corrected chi connectivity index (χ0v) is 13.7. The monoisotopic (exact) mass is 318 g/mol. The van der Waals surface area contributed by atoms with Crippen molar-refractivity contribution in [3.05, 3.63) is 35.9 Å². The minimum absolute atomic E-state index is 0.151. The molecule has 5 nitrogen and oxygen atoms in total. The third-order valence-corrected chi connectivity index (χ3v) is 4.78. The second kappa shape index (κ2) is 7.90. The Bertz CT molecular complexity index is 502. The lowest BCUT2D eigenvalue weighted by atomic mass is 9.96. The quantitative estimate of drug-likeness (QED) is 0.891. The van der Waals surface area contributed by atoms with Gasteiger partial charge in [0.05, 0.1) is 25.2 Å². The number of rotatable bonds is 5. The molecule has 2 aliphatic heterocycles. The molecule has 2 heterocycles. The van der Waals surface area contributed by atoms with Gasteiger partial charge in [0.1, 0.15) is 0 Å². The van der Waals surface area contributed by atoms with Crippen LogP contribution in [0.4, 0.5) is 0 Å². The van der Waals surface area contributed by atoms with Crippen molar-refractivity contribution in [2.24, 2.45) is 0 Å². The summed E-state index contributed by atoms with van der Waals surface area (Å²) in [6, 6.07) is 10.4. The SMILES string of the molecule is C[C@@H]1OCC[C@H]1NC[C@@H](C(=O)N1CCOCC1)c1ccccc1. The Morgan fingerprint density at radius 3 is 2.65 bits per heavy atom. The summed E-state index contributed by atoms with van der Waals surface area (Å²) in [7, 11) is 0. The molecular formula is C18H26N2O3. The summed E-state index contributed by atoms with van der Waals surface area (Å²) < 4.78 is 11.0. The van der Waals surface area contributed by atoms with Gasteiger partial charge in [0.25, 0.3) is 0 Å². The van der Waals surface area contributed by atoms with E-state index in [0.717, 1.165) is 18.6 Å². The first-order chi connectivity index (χ1) is 11.3. The number of morpholine rings is 1. The molecule has 0 aliphatic carbocycles. The molecule has 2 saturated heterocycles. The molecule has 0 radical (unpaired) electrons. The van der Waals surface area contributed by atoms with Crippen molar-refractivity contribution < 1.29 is 14.3 Å². The zero-order chi connectivity index (χ0) is 16.1. The van der Waals surface area contributed by atoms with E-state index in [9.17, 15) is 4.79 Å². The minimum atomic E-state index is -0.151. The zero-order valence-electron chi connectivity index (χ0n) is 13.7. The Balaban J connectivity index is 1.69. The number of amides is 1. The van der Waals surface area contributed by atoms with E-state index in [1.807, 2.05) is 35.2 Å². The van der Waals surface area contributed by atoms with Crippen LogP contribution in [-0.4, -0.2) is 62.4 Å². The fraction of sp³-hybridized carbons (Fsp3) is 0.611. The lowest BCUT2D eigenvalue weighted by Crippen LogP contribution is -2.46. The van der Waals surface area contributed by atoms with Gasteiger partial charge in [0.2, 0.25) is 5.91 Å². The van der Waals surface area contributed by atoms with E-state index in [1.54, 1.807) is 0 Å². The van der Waals surface area contributed by atoms with Crippen LogP contribution in [0.5, 0.6) is 0 Å². The molecule has 1 aromatic rings. The first-order valence-corrected chi connectivity index (χ1v) is 8.52. The summed E-state index contributed by atoms with van der Waals surface area (Å²) in [5.74, 6) is 0.0423. The van der Waals surface area contributed by atoms with Crippen molar-refractivity contribution in [2.45, 2.75) is 31.4 Å². The molecule has 0 aromatic heterocycles. The number of benzene rings is 1. The van der Waals surface area contributed by atoms with Crippen LogP contribution in [-0.2, 0) is 14.3 Å². The van der Waals surface area contributed by atoms with Crippen LogP contribution in [0.2, 0.25) is 0 Å². The molecule has 0 saturated carbocycles. The highest BCUT2D eigenvalue weighted by molar-refractivity contribution is 5.84. The van der Waals surface area contributed by atoms with Gasteiger partial charge in [-0.05, 0) is 18.9 Å². The number of nitrogens with zero attached hydrogens (tertiary/aromatic N) is 1. The average Bonchev–Trinajstić information content (AvgIpc) is 3.02. The minimum Gasteiger partial charge on any atom is -0.378 e. The largest absolute Gasteiger partial charge is 0.378 e. The second-order valence-electron chi connectivity index (χ2n) is 6.28. The number of hydrogen-bond donors (Lipinski definition) is 1. The number of hydrogen-bond acceptors (Lipinski definition) is 4. The van der Waals surface area contributed by atoms with Gasteiger partial charge < -0.3 is 19.7 Å². The Hall–Kier alpha value is -1.43. The molecule has 126 valence electrons. The van der Waals surface area contributed by atoms with Crippen molar-refractivity contribution in [3.8, 4) is 0 Å². The first kappa shape index (κ1) is 16.4. The van der Waals surface area contributed by atoms with Crippen molar-refractivity contribution in [2.75, 3.05) is 39.5 Å². The standard InChI is InChI=1S/C18H26N2O3/c1-14-17(7-10-23-14)19-13-16(15-5-3-2-4-6-15)18(21)20-8-11-22-12-9-20/h2-6,14,16-17,19H,7-13H2,1H3/t14-,16+,17+/m0/s1. The topological polar surface area (TPSA) is 50.8 Å². The molecule has 1 amide bonds. The molecule has 2 aliphatic rings. The summed E-state index contributed by atoms with van der Waals surface area (Å²) in [6.45, 7) is 6.18. The fourth-order valence-corrected chi connectivity index (χ4v) is 3.31. The molecule has 1 N–H and O–H groups in total. The number of carbonyl (C=O) groups excluding carboxylic acids is 1. The molecule has 2 fully saturated rings. The van der Waals surface area contributed by atoms with Gasteiger partial charge in [-0.1, -0.05) is 30.3 Å². The van der Waals surface area contributed by atoms with Crippen LogP contribution in [0.1, 0.15) is 24.8 Å². The Kier molecular flexibility index (Phi) is 5.65. The van der Waals surface area contributed by atoms with Gasteiger partial charge in [0.15, 0.2) is 0 Å². The molecule has 23 heavy (non-hydrogen) atoms. The van der Waals surface area contributed by atoms with E-state index in [0.29, 0.717) is 38.9 Å². The molecule has 0 spiro atoms. The maximum absolute atomic E-state index is 13.0. The second-order valence-corrected chi connectivity index (χ2v) is 6.28. The smallest absolute Gasteiger partial charge is 0.231 e. The van der Waals surface area contributed by atoms with Crippen molar-refractivity contribution in [3.63, 3.8) is 0 Å². The molecule has 0 bridgehead atoms. The maximum atomic E-state index is 13.0. The Morgan fingerprint density at radius 1 is 1.26 bits per heavy atom. The van der Waals surface area contributed by atoms with Crippen LogP contribution in [0.3, 0.4) is 0 Å².